The molecule has 186 valence electrons. The monoisotopic (exact) mass is 491 g/mol. The zero-order valence-corrected chi connectivity index (χ0v) is 20.8. The summed E-state index contributed by atoms with van der Waals surface area (Å²) in [4.78, 5) is 20.8. The van der Waals surface area contributed by atoms with Gasteiger partial charge in [-0.2, -0.15) is 0 Å². The average Bonchev–Trinajstić information content (AvgIpc) is 3.38. The molecule has 0 aliphatic carbocycles. The van der Waals surface area contributed by atoms with E-state index < -0.39 is 30.1 Å². The maximum atomic E-state index is 12.6. The third kappa shape index (κ3) is 4.59. The van der Waals surface area contributed by atoms with Crippen molar-refractivity contribution in [3.05, 3.63) is 34.8 Å². The summed E-state index contributed by atoms with van der Waals surface area (Å²) >= 11 is 1.62. The van der Waals surface area contributed by atoms with E-state index in [9.17, 15) is 20.1 Å². The lowest BCUT2D eigenvalue weighted by Crippen LogP contribution is -2.54. The van der Waals surface area contributed by atoms with E-state index >= 15 is 0 Å². The summed E-state index contributed by atoms with van der Waals surface area (Å²) in [6.45, 7) is 7.06. The number of benzene rings is 1. The number of carbonyl (C=O) groups is 1. The van der Waals surface area contributed by atoms with Crippen LogP contribution in [0.15, 0.2) is 23.6 Å². The van der Waals surface area contributed by atoms with Gasteiger partial charge in [-0.15, -0.1) is 11.3 Å². The molecule has 4 rings (SSSR count). The second-order valence-corrected chi connectivity index (χ2v) is 10.3. The molecule has 0 spiro atoms. The number of nitrogens with zero attached hydrogens (tertiary/aromatic N) is 3. The molecule has 2 aliphatic rings. The number of thiazole rings is 1. The van der Waals surface area contributed by atoms with Gasteiger partial charge in [0.2, 0.25) is 0 Å². The third-order valence-corrected chi connectivity index (χ3v) is 8.08. The lowest BCUT2D eigenvalue weighted by atomic mass is 9.72. The van der Waals surface area contributed by atoms with E-state index in [-0.39, 0.29) is 18.6 Å². The Hall–Kier alpha value is -2.40. The molecule has 0 bridgehead atoms. The molecule has 3 heterocycles. The number of aryl methyl sites for hydroxylation is 1. The molecule has 9 nitrogen and oxygen atoms in total. The van der Waals surface area contributed by atoms with E-state index in [1.165, 1.54) is 4.90 Å². The first kappa shape index (κ1) is 24.7. The lowest BCUT2D eigenvalue weighted by Gasteiger charge is -2.39. The molecule has 1 aromatic carbocycles. The van der Waals surface area contributed by atoms with Crippen LogP contribution in [0.1, 0.15) is 31.0 Å². The van der Waals surface area contributed by atoms with Gasteiger partial charge in [-0.05, 0) is 31.5 Å². The van der Waals surface area contributed by atoms with Gasteiger partial charge < -0.3 is 34.6 Å². The van der Waals surface area contributed by atoms with Crippen LogP contribution < -0.4 is 14.4 Å². The number of amides is 1. The van der Waals surface area contributed by atoms with Gasteiger partial charge in [0.05, 0.1) is 38.6 Å². The van der Waals surface area contributed by atoms with Crippen LogP contribution in [0.2, 0.25) is 0 Å². The van der Waals surface area contributed by atoms with Crippen molar-refractivity contribution in [1.29, 1.82) is 0 Å². The summed E-state index contributed by atoms with van der Waals surface area (Å²) < 4.78 is 11.8. The highest BCUT2D eigenvalue weighted by Crippen LogP contribution is 2.47. The fourth-order valence-electron chi connectivity index (χ4n) is 4.72. The highest BCUT2D eigenvalue weighted by atomic mass is 32.1. The van der Waals surface area contributed by atoms with Gasteiger partial charge in [-0.25, -0.2) is 4.98 Å². The number of aliphatic hydroxyl groups is 3. The van der Waals surface area contributed by atoms with Gasteiger partial charge >= 0.3 is 0 Å². The quantitative estimate of drug-likeness (QED) is 0.508. The van der Waals surface area contributed by atoms with Crippen LogP contribution in [-0.2, 0) is 4.79 Å². The molecule has 0 radical (unpaired) electrons. The summed E-state index contributed by atoms with van der Waals surface area (Å²) in [5, 5.41) is 32.7. The van der Waals surface area contributed by atoms with Crippen molar-refractivity contribution in [3.8, 4) is 11.5 Å². The topological polar surface area (TPSA) is 116 Å². The molecule has 34 heavy (non-hydrogen) atoms. The van der Waals surface area contributed by atoms with E-state index in [4.69, 9.17) is 9.47 Å². The second kappa shape index (κ2) is 9.69. The van der Waals surface area contributed by atoms with Gasteiger partial charge in [0, 0.05) is 29.8 Å². The molecule has 1 amide bonds. The Morgan fingerprint density at radius 1 is 1.29 bits per heavy atom. The van der Waals surface area contributed by atoms with E-state index in [0.29, 0.717) is 18.0 Å². The van der Waals surface area contributed by atoms with Crippen molar-refractivity contribution in [2.75, 3.05) is 44.8 Å². The van der Waals surface area contributed by atoms with Gasteiger partial charge in [0.1, 0.15) is 6.10 Å². The van der Waals surface area contributed by atoms with Crippen LogP contribution in [0.3, 0.4) is 0 Å². The molecule has 2 aromatic rings. The number of aliphatic hydroxyl groups excluding tert-OH is 3. The van der Waals surface area contributed by atoms with Crippen LogP contribution >= 0.6 is 11.3 Å². The van der Waals surface area contributed by atoms with Crippen LogP contribution in [0.5, 0.6) is 11.5 Å². The maximum absolute atomic E-state index is 12.6. The molecular formula is C24H33N3O6S. The number of hydrogen-bond donors (Lipinski definition) is 3. The van der Waals surface area contributed by atoms with Crippen molar-refractivity contribution in [2.24, 2.45) is 5.41 Å². The highest BCUT2D eigenvalue weighted by Gasteiger charge is 2.49. The van der Waals surface area contributed by atoms with Crippen molar-refractivity contribution >= 4 is 22.4 Å². The normalized spacial score (nSPS) is 24.6. The molecule has 0 saturated carbocycles. The molecular weight excluding hydrogens is 458 g/mol. The first-order valence-electron chi connectivity index (χ1n) is 11.4. The van der Waals surface area contributed by atoms with Gasteiger partial charge in [0.15, 0.2) is 22.7 Å². The standard InChI is InChI=1S/C24H33N3O6S/c1-14-12-34-23(25-14)26-8-17(9-26)33-21-7-16(5-6-20(21)32-4)18-10-27(22(31)19(30)11-28)13-24(18,3)15(2)29/h5-7,12,15,17-19,28-30H,8-11,13H2,1-4H3/t15-,18+,19+,24+/m1/s1. The number of carbonyl (C=O) groups excluding carboxylic acids is 1. The number of anilines is 1. The Balaban J connectivity index is 1.53. The van der Waals surface area contributed by atoms with Gasteiger partial charge in [-0.1, -0.05) is 13.0 Å². The summed E-state index contributed by atoms with van der Waals surface area (Å²) in [7, 11) is 1.60. The molecule has 1 aromatic heterocycles. The lowest BCUT2D eigenvalue weighted by molar-refractivity contribution is -0.141. The van der Waals surface area contributed by atoms with E-state index in [0.717, 1.165) is 29.5 Å². The molecule has 10 heteroatoms. The largest absolute Gasteiger partial charge is 0.493 e. The molecule has 2 saturated heterocycles. The molecule has 2 fully saturated rings. The van der Waals surface area contributed by atoms with Crippen molar-refractivity contribution in [3.63, 3.8) is 0 Å². The maximum Gasteiger partial charge on any atom is 0.253 e. The first-order valence-corrected chi connectivity index (χ1v) is 12.3. The molecule has 0 unspecified atom stereocenters. The van der Waals surface area contributed by atoms with E-state index in [2.05, 4.69) is 9.88 Å². The Bertz CT molecular complexity index is 1020. The molecule has 2 aliphatic heterocycles. The minimum atomic E-state index is -1.46. The smallest absolute Gasteiger partial charge is 0.253 e. The zero-order chi connectivity index (χ0) is 24.6. The fraction of sp³-hybridized carbons (Fsp3) is 0.583. The van der Waals surface area contributed by atoms with Crippen LogP contribution in [-0.4, -0.2) is 89.3 Å². The third-order valence-electron chi connectivity index (χ3n) is 7.06. The highest BCUT2D eigenvalue weighted by molar-refractivity contribution is 7.13. The predicted octanol–water partition coefficient (Wildman–Crippen LogP) is 1.39. The van der Waals surface area contributed by atoms with Crippen LogP contribution in [0.4, 0.5) is 5.13 Å². The summed E-state index contributed by atoms with van der Waals surface area (Å²) in [5.74, 6) is 0.515. The SMILES string of the molecule is COc1ccc([C@@H]2CN(C(=O)[C@@H](O)CO)C[C@@]2(C)[C@@H](C)O)cc1OC1CN(c2nc(C)cs2)C1. The Morgan fingerprint density at radius 2 is 2.03 bits per heavy atom. The first-order chi connectivity index (χ1) is 16.2. The fourth-order valence-corrected chi connectivity index (χ4v) is 5.54. The minimum absolute atomic E-state index is 0.00198. The summed E-state index contributed by atoms with van der Waals surface area (Å²) in [6, 6.07) is 5.70. The van der Waals surface area contributed by atoms with E-state index in [1.807, 2.05) is 37.4 Å². The van der Waals surface area contributed by atoms with Crippen molar-refractivity contribution < 1.29 is 29.6 Å². The number of methoxy groups -OCH3 is 1. The van der Waals surface area contributed by atoms with Crippen LogP contribution in [0, 0.1) is 12.3 Å². The average molecular weight is 492 g/mol. The predicted molar refractivity (Wildman–Crippen MR) is 129 cm³/mol. The number of aromatic nitrogens is 1. The van der Waals surface area contributed by atoms with Gasteiger partial charge in [-0.3, -0.25) is 4.79 Å². The number of ether oxygens (including phenoxy) is 2. The number of rotatable bonds is 8. The summed E-state index contributed by atoms with van der Waals surface area (Å²) in [5.41, 5.74) is 1.29. The minimum Gasteiger partial charge on any atom is -0.493 e. The van der Waals surface area contributed by atoms with Crippen molar-refractivity contribution in [2.45, 2.75) is 45.0 Å². The van der Waals surface area contributed by atoms with Crippen LogP contribution in [0.25, 0.3) is 0 Å². The zero-order valence-electron chi connectivity index (χ0n) is 20.0. The Labute approximate surface area is 203 Å². The Kier molecular flexibility index (Phi) is 7.04. The second-order valence-electron chi connectivity index (χ2n) is 9.48. The molecule has 3 N–H and O–H groups in total. The number of likely N-dealkylation sites (tertiary alicyclic amines) is 1. The van der Waals surface area contributed by atoms with Gasteiger partial charge in [0.25, 0.3) is 5.91 Å². The Morgan fingerprint density at radius 3 is 2.62 bits per heavy atom. The molecule has 4 atom stereocenters. The number of hydrogen-bond acceptors (Lipinski definition) is 9. The summed E-state index contributed by atoms with van der Waals surface area (Å²) in [6.07, 6.45) is -2.16. The van der Waals surface area contributed by atoms with Crippen molar-refractivity contribution in [1.82, 2.24) is 9.88 Å². The van der Waals surface area contributed by atoms with E-state index in [1.54, 1.807) is 25.4 Å².